The fraction of sp³-hybridized carbons (Fsp3) is 0.263. The van der Waals surface area contributed by atoms with Crippen LogP contribution >= 0.6 is 12.4 Å². The predicted molar refractivity (Wildman–Crippen MR) is 93.5 cm³/mol. The second-order valence-corrected chi connectivity index (χ2v) is 5.71. The smallest absolute Gasteiger partial charge is 0.123 e. The molecule has 114 valence electrons. The molecule has 0 fully saturated rings. The number of hydrogen-bond acceptors (Lipinski definition) is 2. The lowest BCUT2D eigenvalue weighted by Gasteiger charge is -2.11. The van der Waals surface area contributed by atoms with Crippen molar-refractivity contribution in [2.45, 2.75) is 19.3 Å². The van der Waals surface area contributed by atoms with Gasteiger partial charge in [-0.15, -0.1) is 12.4 Å². The Kier molecular flexibility index (Phi) is 4.23. The first-order chi connectivity index (χ1) is 10.4. The van der Waals surface area contributed by atoms with Gasteiger partial charge in [0.2, 0.25) is 0 Å². The zero-order valence-corrected chi connectivity index (χ0v) is 13.3. The number of benzene rings is 2. The van der Waals surface area contributed by atoms with E-state index in [1.807, 2.05) is 0 Å². The molecule has 1 heterocycles. The van der Waals surface area contributed by atoms with Crippen LogP contribution in [0.5, 0.6) is 5.75 Å². The van der Waals surface area contributed by atoms with Crippen molar-refractivity contribution in [1.82, 2.24) is 0 Å². The lowest BCUT2D eigenvalue weighted by molar-refractivity contribution is 0.357. The Morgan fingerprint density at radius 2 is 1.86 bits per heavy atom. The second kappa shape index (κ2) is 6.15. The van der Waals surface area contributed by atoms with Crippen molar-refractivity contribution in [3.8, 4) is 5.75 Å². The summed E-state index contributed by atoms with van der Waals surface area (Å²) in [6, 6.07) is 15.1. The molecule has 3 heteroatoms. The molecule has 0 atom stereocenters. The zero-order valence-electron chi connectivity index (χ0n) is 12.5. The van der Waals surface area contributed by atoms with Crippen LogP contribution in [0.3, 0.4) is 0 Å². The van der Waals surface area contributed by atoms with Crippen LogP contribution in [-0.2, 0) is 12.8 Å². The van der Waals surface area contributed by atoms with Crippen molar-refractivity contribution in [2.75, 3.05) is 13.2 Å². The number of nitrogens with two attached hydrogens (primary N) is 1. The van der Waals surface area contributed by atoms with Gasteiger partial charge in [0.05, 0.1) is 6.61 Å². The standard InChI is InChI=1S/C19H19NO.ClH/c20-10-8-15-17(13-4-2-1-3-5-13)12-14-6-7-18-16(19(14)15)9-11-21-18;/h1-7H,8-12,20H2;1H. The summed E-state index contributed by atoms with van der Waals surface area (Å²) in [5.74, 6) is 1.07. The van der Waals surface area contributed by atoms with E-state index in [0.29, 0.717) is 6.54 Å². The van der Waals surface area contributed by atoms with Crippen molar-refractivity contribution in [2.24, 2.45) is 5.73 Å². The van der Waals surface area contributed by atoms with Crippen LogP contribution < -0.4 is 10.5 Å². The molecule has 0 radical (unpaired) electrons. The van der Waals surface area contributed by atoms with Crippen LogP contribution in [0.15, 0.2) is 42.5 Å². The summed E-state index contributed by atoms with van der Waals surface area (Å²) in [5, 5.41) is 0. The molecule has 0 unspecified atom stereocenters. The maximum atomic E-state index is 5.89. The highest BCUT2D eigenvalue weighted by Gasteiger charge is 2.28. The third-order valence-corrected chi connectivity index (χ3v) is 4.52. The van der Waals surface area contributed by atoms with E-state index >= 15 is 0 Å². The van der Waals surface area contributed by atoms with Gasteiger partial charge >= 0.3 is 0 Å². The minimum absolute atomic E-state index is 0. The van der Waals surface area contributed by atoms with Gasteiger partial charge in [-0.2, -0.15) is 0 Å². The quantitative estimate of drug-likeness (QED) is 0.934. The minimum Gasteiger partial charge on any atom is -0.493 e. The summed E-state index contributed by atoms with van der Waals surface area (Å²) in [6.45, 7) is 1.50. The van der Waals surface area contributed by atoms with Gasteiger partial charge in [0, 0.05) is 12.0 Å². The summed E-state index contributed by atoms with van der Waals surface area (Å²) in [7, 11) is 0. The van der Waals surface area contributed by atoms with Crippen LogP contribution in [0.2, 0.25) is 0 Å². The van der Waals surface area contributed by atoms with Gasteiger partial charge in [-0.25, -0.2) is 0 Å². The summed E-state index contributed by atoms with van der Waals surface area (Å²) < 4.78 is 5.74. The van der Waals surface area contributed by atoms with Crippen molar-refractivity contribution >= 4 is 23.6 Å². The number of fused-ring (bicyclic) bond motifs is 3. The van der Waals surface area contributed by atoms with E-state index in [0.717, 1.165) is 31.6 Å². The lowest BCUT2D eigenvalue weighted by atomic mass is 9.94. The Bertz CT molecular complexity index is 722. The number of rotatable bonds is 3. The molecule has 2 aliphatic rings. The zero-order chi connectivity index (χ0) is 14.2. The highest BCUT2D eigenvalue weighted by molar-refractivity contribution is 5.98. The topological polar surface area (TPSA) is 35.2 Å². The first-order valence-corrected chi connectivity index (χ1v) is 7.64. The van der Waals surface area contributed by atoms with Gasteiger partial charge in [0.25, 0.3) is 0 Å². The Morgan fingerprint density at radius 1 is 1.05 bits per heavy atom. The molecular weight excluding hydrogens is 294 g/mol. The summed E-state index contributed by atoms with van der Waals surface area (Å²) in [6.07, 6.45) is 2.98. The molecule has 0 aromatic heterocycles. The summed E-state index contributed by atoms with van der Waals surface area (Å²) in [5.41, 5.74) is 14.3. The summed E-state index contributed by atoms with van der Waals surface area (Å²) in [4.78, 5) is 0. The van der Waals surface area contributed by atoms with E-state index < -0.39 is 0 Å². The monoisotopic (exact) mass is 313 g/mol. The molecule has 22 heavy (non-hydrogen) atoms. The van der Waals surface area contributed by atoms with Crippen LogP contribution in [0.1, 0.15) is 28.7 Å². The maximum Gasteiger partial charge on any atom is 0.123 e. The molecular formula is C19H20ClNO. The Labute approximate surface area is 137 Å². The van der Waals surface area contributed by atoms with E-state index in [9.17, 15) is 0 Å². The molecule has 2 N–H and O–H groups in total. The molecule has 2 nitrogen and oxygen atoms in total. The van der Waals surface area contributed by atoms with Crippen molar-refractivity contribution in [3.63, 3.8) is 0 Å². The normalized spacial score (nSPS) is 15.1. The first-order valence-electron chi connectivity index (χ1n) is 7.64. The average Bonchev–Trinajstić information content (AvgIpc) is 3.12. The second-order valence-electron chi connectivity index (χ2n) is 5.71. The lowest BCUT2D eigenvalue weighted by Crippen LogP contribution is -2.01. The highest BCUT2D eigenvalue weighted by atomic mass is 35.5. The van der Waals surface area contributed by atoms with Crippen molar-refractivity contribution in [1.29, 1.82) is 0 Å². The van der Waals surface area contributed by atoms with E-state index in [2.05, 4.69) is 42.5 Å². The molecule has 0 bridgehead atoms. The van der Waals surface area contributed by atoms with Crippen LogP contribution in [-0.4, -0.2) is 13.2 Å². The van der Waals surface area contributed by atoms with E-state index in [4.69, 9.17) is 10.5 Å². The molecule has 1 aliphatic carbocycles. The number of hydrogen-bond donors (Lipinski definition) is 1. The number of ether oxygens (including phenoxy) is 1. The fourth-order valence-electron chi connectivity index (χ4n) is 3.63. The molecule has 1 aliphatic heterocycles. The van der Waals surface area contributed by atoms with Gasteiger partial charge in [-0.05, 0) is 53.3 Å². The Balaban J connectivity index is 0.00000144. The van der Waals surface area contributed by atoms with Gasteiger partial charge < -0.3 is 10.5 Å². The highest BCUT2D eigenvalue weighted by Crippen LogP contribution is 2.45. The molecule has 4 rings (SSSR count). The van der Waals surface area contributed by atoms with Gasteiger partial charge in [-0.3, -0.25) is 0 Å². The van der Waals surface area contributed by atoms with Crippen LogP contribution in [0, 0.1) is 0 Å². The third-order valence-electron chi connectivity index (χ3n) is 4.52. The van der Waals surface area contributed by atoms with Gasteiger partial charge in [0.15, 0.2) is 0 Å². The van der Waals surface area contributed by atoms with E-state index in [-0.39, 0.29) is 12.4 Å². The summed E-state index contributed by atoms with van der Waals surface area (Å²) >= 11 is 0. The molecule has 2 aromatic rings. The van der Waals surface area contributed by atoms with Gasteiger partial charge in [-0.1, -0.05) is 36.4 Å². The largest absolute Gasteiger partial charge is 0.493 e. The van der Waals surface area contributed by atoms with E-state index in [1.165, 1.54) is 33.4 Å². The minimum atomic E-state index is 0. The predicted octanol–water partition coefficient (Wildman–Crippen LogP) is 3.86. The fourth-order valence-corrected chi connectivity index (χ4v) is 3.63. The number of allylic oxidation sites excluding steroid dienone is 1. The Morgan fingerprint density at radius 3 is 2.64 bits per heavy atom. The molecule has 2 aromatic carbocycles. The average molecular weight is 314 g/mol. The SMILES string of the molecule is Cl.NCCC1=C(c2ccccc2)Cc2ccc3c(c21)CCO3. The first kappa shape index (κ1) is 15.1. The molecule has 0 amide bonds. The van der Waals surface area contributed by atoms with Crippen molar-refractivity contribution < 1.29 is 4.74 Å². The maximum absolute atomic E-state index is 5.89. The number of halogens is 1. The van der Waals surface area contributed by atoms with Crippen LogP contribution in [0.25, 0.3) is 11.1 Å². The third kappa shape index (κ3) is 2.33. The molecule has 0 spiro atoms. The van der Waals surface area contributed by atoms with E-state index in [1.54, 1.807) is 0 Å². The van der Waals surface area contributed by atoms with Gasteiger partial charge in [0.1, 0.15) is 5.75 Å². The van der Waals surface area contributed by atoms with Crippen molar-refractivity contribution in [3.05, 3.63) is 64.7 Å². The molecule has 0 saturated carbocycles. The van der Waals surface area contributed by atoms with Crippen LogP contribution in [0.4, 0.5) is 0 Å². The Hall–Kier alpha value is -1.77. The molecule has 0 saturated heterocycles.